The van der Waals surface area contributed by atoms with Crippen molar-refractivity contribution in [2.45, 2.75) is 51.3 Å². The molecule has 2 atom stereocenters. The Morgan fingerprint density at radius 1 is 1.65 bits per heavy atom. The summed E-state index contributed by atoms with van der Waals surface area (Å²) in [6.45, 7) is 6.25. The minimum Gasteiger partial charge on any atom is -0.373 e. The molecule has 1 aliphatic rings. The first kappa shape index (κ1) is 12.6. The largest absolute Gasteiger partial charge is 0.373 e. The van der Waals surface area contributed by atoms with Crippen LogP contribution >= 0.6 is 0 Å². The summed E-state index contributed by atoms with van der Waals surface area (Å²) in [6, 6.07) is 0.173. The van der Waals surface area contributed by atoms with Gasteiger partial charge in [-0.15, -0.1) is 0 Å². The van der Waals surface area contributed by atoms with Gasteiger partial charge in [-0.2, -0.15) is 0 Å². The number of nitrogens with one attached hydrogen (secondary N) is 1. The van der Waals surface area contributed by atoms with Gasteiger partial charge in [0.15, 0.2) is 0 Å². The van der Waals surface area contributed by atoms with E-state index in [1.807, 2.05) is 13.2 Å². The number of hydrogen-bond acceptors (Lipinski definition) is 3. The van der Waals surface area contributed by atoms with Crippen LogP contribution in [0.4, 0.5) is 0 Å². The van der Waals surface area contributed by atoms with E-state index < -0.39 is 0 Å². The monoisotopic (exact) mass is 237 g/mol. The maximum Gasteiger partial charge on any atom is 0.128 e. The van der Waals surface area contributed by atoms with Gasteiger partial charge < -0.3 is 14.6 Å². The lowest BCUT2D eigenvalue weighted by Crippen LogP contribution is -2.41. The third kappa shape index (κ3) is 2.38. The van der Waals surface area contributed by atoms with Crippen LogP contribution in [0.15, 0.2) is 12.4 Å². The number of hydrogen-bond donors (Lipinski definition) is 1. The summed E-state index contributed by atoms with van der Waals surface area (Å²) >= 11 is 0. The highest BCUT2D eigenvalue weighted by Crippen LogP contribution is 2.36. The Morgan fingerprint density at radius 2 is 2.47 bits per heavy atom. The summed E-state index contributed by atoms with van der Waals surface area (Å²) in [4.78, 5) is 4.52. The fraction of sp³-hybridized carbons (Fsp3) is 0.769. The maximum absolute atomic E-state index is 5.93. The molecule has 4 nitrogen and oxygen atoms in total. The van der Waals surface area contributed by atoms with Crippen LogP contribution in [0.3, 0.4) is 0 Å². The SMILES string of the molecule is CCCn1ccnc1C(NC)C1(C)CCCO1. The fourth-order valence-electron chi connectivity index (χ4n) is 2.75. The molecule has 0 radical (unpaired) electrons. The van der Waals surface area contributed by atoms with Crippen LogP contribution in [0, 0.1) is 0 Å². The Kier molecular flexibility index (Phi) is 3.84. The molecule has 0 amide bonds. The predicted molar refractivity (Wildman–Crippen MR) is 67.9 cm³/mol. The first-order valence-corrected chi connectivity index (χ1v) is 6.53. The van der Waals surface area contributed by atoms with Gasteiger partial charge in [0.2, 0.25) is 0 Å². The van der Waals surface area contributed by atoms with Crippen molar-refractivity contribution >= 4 is 0 Å². The number of ether oxygens (including phenoxy) is 1. The van der Waals surface area contributed by atoms with Crippen LogP contribution in [-0.4, -0.2) is 28.8 Å². The normalized spacial score (nSPS) is 26.3. The zero-order chi connectivity index (χ0) is 12.3. The molecule has 2 unspecified atom stereocenters. The third-order valence-electron chi connectivity index (χ3n) is 3.62. The molecule has 1 aromatic rings. The van der Waals surface area contributed by atoms with E-state index in [4.69, 9.17) is 4.74 Å². The molecule has 96 valence electrons. The molecule has 0 aliphatic carbocycles. The van der Waals surface area contributed by atoms with E-state index >= 15 is 0 Å². The van der Waals surface area contributed by atoms with Gasteiger partial charge in [-0.05, 0) is 33.2 Å². The molecular weight excluding hydrogens is 214 g/mol. The van der Waals surface area contributed by atoms with Gasteiger partial charge in [-0.1, -0.05) is 6.92 Å². The standard InChI is InChI=1S/C13H23N3O/c1-4-8-16-9-7-15-12(16)11(14-3)13(2)6-5-10-17-13/h7,9,11,14H,4-6,8,10H2,1-3H3. The van der Waals surface area contributed by atoms with Crippen molar-refractivity contribution in [1.29, 1.82) is 0 Å². The number of aryl methyl sites for hydroxylation is 1. The molecule has 1 N–H and O–H groups in total. The molecule has 0 saturated carbocycles. The summed E-state index contributed by atoms with van der Waals surface area (Å²) in [7, 11) is 1.99. The highest BCUT2D eigenvalue weighted by atomic mass is 16.5. The molecule has 1 aliphatic heterocycles. The summed E-state index contributed by atoms with van der Waals surface area (Å²) in [6.07, 6.45) is 7.30. The van der Waals surface area contributed by atoms with Gasteiger partial charge in [0, 0.05) is 25.5 Å². The molecule has 1 saturated heterocycles. The van der Waals surface area contributed by atoms with Crippen LogP contribution in [0.25, 0.3) is 0 Å². The Morgan fingerprint density at radius 3 is 3.06 bits per heavy atom. The molecule has 0 aromatic carbocycles. The van der Waals surface area contributed by atoms with Gasteiger partial charge in [0.05, 0.1) is 11.6 Å². The summed E-state index contributed by atoms with van der Waals surface area (Å²) in [5.74, 6) is 1.10. The lowest BCUT2D eigenvalue weighted by atomic mass is 9.92. The molecule has 1 fully saturated rings. The minimum absolute atomic E-state index is 0.119. The van der Waals surface area contributed by atoms with Gasteiger partial charge in [-0.3, -0.25) is 0 Å². The van der Waals surface area contributed by atoms with Crippen LogP contribution in [0.5, 0.6) is 0 Å². The van der Waals surface area contributed by atoms with Gasteiger partial charge in [0.1, 0.15) is 5.82 Å². The van der Waals surface area contributed by atoms with Crippen molar-refractivity contribution in [3.63, 3.8) is 0 Å². The summed E-state index contributed by atoms with van der Waals surface area (Å²) in [5.41, 5.74) is -0.119. The Labute approximate surface area is 103 Å². The van der Waals surface area contributed by atoms with Crippen LogP contribution in [0.2, 0.25) is 0 Å². The first-order chi connectivity index (χ1) is 8.21. The second kappa shape index (κ2) is 5.19. The Balaban J connectivity index is 2.25. The summed E-state index contributed by atoms with van der Waals surface area (Å²) < 4.78 is 8.16. The predicted octanol–water partition coefficient (Wildman–Crippen LogP) is 2.12. The quantitative estimate of drug-likeness (QED) is 0.852. The average Bonchev–Trinajstić information content (AvgIpc) is 2.91. The molecular formula is C13H23N3O. The molecule has 17 heavy (non-hydrogen) atoms. The topological polar surface area (TPSA) is 39.1 Å². The number of rotatable bonds is 5. The average molecular weight is 237 g/mol. The minimum atomic E-state index is -0.119. The van der Waals surface area contributed by atoms with Crippen molar-refractivity contribution < 1.29 is 4.74 Å². The molecule has 2 rings (SSSR count). The van der Waals surface area contributed by atoms with E-state index in [9.17, 15) is 0 Å². The van der Waals surface area contributed by atoms with E-state index in [1.54, 1.807) is 0 Å². The highest BCUT2D eigenvalue weighted by Gasteiger charge is 2.40. The Hall–Kier alpha value is -0.870. The van der Waals surface area contributed by atoms with E-state index in [2.05, 4.69) is 34.9 Å². The zero-order valence-corrected chi connectivity index (χ0v) is 11.1. The maximum atomic E-state index is 5.93. The van der Waals surface area contributed by atoms with E-state index in [0.717, 1.165) is 38.2 Å². The number of aromatic nitrogens is 2. The number of nitrogens with zero attached hydrogens (tertiary/aromatic N) is 2. The van der Waals surface area contributed by atoms with E-state index in [0.29, 0.717) is 0 Å². The summed E-state index contributed by atoms with van der Waals surface area (Å²) in [5, 5.41) is 3.38. The zero-order valence-electron chi connectivity index (χ0n) is 11.1. The molecule has 4 heteroatoms. The van der Waals surface area contributed by atoms with Gasteiger partial charge >= 0.3 is 0 Å². The van der Waals surface area contributed by atoms with Crippen molar-refractivity contribution in [2.24, 2.45) is 0 Å². The van der Waals surface area contributed by atoms with Gasteiger partial charge in [-0.25, -0.2) is 4.98 Å². The van der Waals surface area contributed by atoms with Crippen molar-refractivity contribution in [2.75, 3.05) is 13.7 Å². The third-order valence-corrected chi connectivity index (χ3v) is 3.62. The van der Waals surface area contributed by atoms with E-state index in [-0.39, 0.29) is 11.6 Å². The Bertz CT molecular complexity index is 355. The first-order valence-electron chi connectivity index (χ1n) is 6.53. The fourth-order valence-corrected chi connectivity index (χ4v) is 2.75. The van der Waals surface area contributed by atoms with Crippen LogP contribution in [-0.2, 0) is 11.3 Å². The van der Waals surface area contributed by atoms with Crippen LogP contribution < -0.4 is 5.32 Å². The van der Waals surface area contributed by atoms with Crippen molar-refractivity contribution in [3.8, 4) is 0 Å². The lowest BCUT2D eigenvalue weighted by Gasteiger charge is -2.33. The smallest absolute Gasteiger partial charge is 0.128 e. The molecule has 0 bridgehead atoms. The van der Waals surface area contributed by atoms with Crippen molar-refractivity contribution in [1.82, 2.24) is 14.9 Å². The molecule has 0 spiro atoms. The highest BCUT2D eigenvalue weighted by molar-refractivity contribution is 5.08. The lowest BCUT2D eigenvalue weighted by molar-refractivity contribution is -0.0137. The molecule has 1 aromatic heterocycles. The van der Waals surface area contributed by atoms with Crippen molar-refractivity contribution in [3.05, 3.63) is 18.2 Å². The second-order valence-corrected chi connectivity index (χ2v) is 4.97. The second-order valence-electron chi connectivity index (χ2n) is 4.97. The number of likely N-dealkylation sites (N-methyl/N-ethyl adjacent to an activating group) is 1. The van der Waals surface area contributed by atoms with Crippen LogP contribution in [0.1, 0.15) is 45.0 Å². The molecule has 2 heterocycles. The van der Waals surface area contributed by atoms with E-state index in [1.165, 1.54) is 0 Å². The number of imidazole rings is 1. The van der Waals surface area contributed by atoms with Gasteiger partial charge in [0.25, 0.3) is 0 Å².